The van der Waals surface area contributed by atoms with E-state index in [2.05, 4.69) is 47.6 Å². The Morgan fingerprint density at radius 1 is 1.00 bits per heavy atom. The van der Waals surface area contributed by atoms with Gasteiger partial charge in [-0.05, 0) is 29.7 Å². The first-order chi connectivity index (χ1) is 10.8. The first-order valence-corrected chi connectivity index (χ1v) is 7.27. The molecule has 2 aromatic carbocycles. The molecule has 0 aliphatic rings. The topological polar surface area (TPSA) is 54.5 Å². The first-order valence-electron chi connectivity index (χ1n) is 7.27. The standard InChI is InChI=1S/C18H16N4/c1-2-14-7-9-17(10-8-14)18-12-20-21-22(18)13-16-5-3-15(11-19)4-6-16/h3-10,12H,2,13H2,1H3. The molecule has 0 fully saturated rings. The van der Waals surface area contributed by atoms with Gasteiger partial charge in [0.2, 0.25) is 0 Å². The monoisotopic (exact) mass is 288 g/mol. The maximum absolute atomic E-state index is 8.84. The summed E-state index contributed by atoms with van der Waals surface area (Å²) in [5, 5.41) is 17.0. The molecule has 0 spiro atoms. The van der Waals surface area contributed by atoms with Gasteiger partial charge < -0.3 is 0 Å². The van der Waals surface area contributed by atoms with Crippen molar-refractivity contribution in [2.75, 3.05) is 0 Å². The molecule has 4 nitrogen and oxygen atoms in total. The number of rotatable bonds is 4. The Bertz CT molecular complexity index is 792. The van der Waals surface area contributed by atoms with E-state index in [0.29, 0.717) is 12.1 Å². The molecule has 0 amide bonds. The van der Waals surface area contributed by atoms with E-state index < -0.39 is 0 Å². The molecule has 22 heavy (non-hydrogen) atoms. The van der Waals surface area contributed by atoms with Crippen LogP contribution in [0.25, 0.3) is 11.3 Å². The molecular formula is C18H16N4. The fourth-order valence-corrected chi connectivity index (χ4v) is 2.37. The van der Waals surface area contributed by atoms with Gasteiger partial charge in [0.15, 0.2) is 0 Å². The average molecular weight is 288 g/mol. The van der Waals surface area contributed by atoms with Crippen LogP contribution in [-0.4, -0.2) is 15.0 Å². The quantitative estimate of drug-likeness (QED) is 0.739. The maximum atomic E-state index is 8.84. The predicted octanol–water partition coefficient (Wildman–Crippen LogP) is 3.43. The summed E-state index contributed by atoms with van der Waals surface area (Å²) in [5.41, 5.74) is 5.17. The van der Waals surface area contributed by atoms with E-state index in [9.17, 15) is 0 Å². The van der Waals surface area contributed by atoms with E-state index >= 15 is 0 Å². The molecule has 0 atom stereocenters. The maximum Gasteiger partial charge on any atom is 0.0991 e. The van der Waals surface area contributed by atoms with Crippen molar-refractivity contribution in [2.45, 2.75) is 19.9 Å². The summed E-state index contributed by atoms with van der Waals surface area (Å²) in [7, 11) is 0. The van der Waals surface area contributed by atoms with Crippen molar-refractivity contribution < 1.29 is 0 Å². The van der Waals surface area contributed by atoms with Gasteiger partial charge in [-0.1, -0.05) is 48.5 Å². The van der Waals surface area contributed by atoms with Gasteiger partial charge in [-0.15, -0.1) is 5.10 Å². The molecule has 0 aliphatic carbocycles. The van der Waals surface area contributed by atoms with Crippen LogP contribution in [0, 0.1) is 11.3 Å². The van der Waals surface area contributed by atoms with Gasteiger partial charge in [-0.25, -0.2) is 4.68 Å². The molecule has 1 aromatic heterocycles. The molecule has 0 saturated heterocycles. The minimum absolute atomic E-state index is 0.635. The molecule has 108 valence electrons. The second-order valence-electron chi connectivity index (χ2n) is 5.14. The third kappa shape index (κ3) is 2.89. The molecule has 3 aromatic rings. The van der Waals surface area contributed by atoms with Crippen LogP contribution in [0.1, 0.15) is 23.6 Å². The number of hydrogen-bond acceptors (Lipinski definition) is 3. The summed E-state index contributed by atoms with van der Waals surface area (Å²) in [6, 6.07) is 18.1. The number of benzene rings is 2. The Morgan fingerprint density at radius 3 is 2.32 bits per heavy atom. The second-order valence-corrected chi connectivity index (χ2v) is 5.14. The Labute approximate surface area is 129 Å². The molecular weight excluding hydrogens is 272 g/mol. The molecule has 0 saturated carbocycles. The summed E-state index contributed by atoms with van der Waals surface area (Å²) >= 11 is 0. The van der Waals surface area contributed by atoms with Gasteiger partial charge in [-0.2, -0.15) is 5.26 Å². The van der Waals surface area contributed by atoms with Gasteiger partial charge >= 0.3 is 0 Å². The normalized spacial score (nSPS) is 10.4. The number of aromatic nitrogens is 3. The van der Waals surface area contributed by atoms with E-state index in [-0.39, 0.29) is 0 Å². The number of nitriles is 1. The molecule has 4 heteroatoms. The van der Waals surface area contributed by atoms with E-state index in [1.165, 1.54) is 5.56 Å². The SMILES string of the molecule is CCc1ccc(-c2cnnn2Cc2ccc(C#N)cc2)cc1. The highest BCUT2D eigenvalue weighted by molar-refractivity contribution is 5.58. The molecule has 0 bridgehead atoms. The zero-order valence-corrected chi connectivity index (χ0v) is 12.4. The minimum atomic E-state index is 0.635. The van der Waals surface area contributed by atoms with Crippen LogP contribution in [0.3, 0.4) is 0 Å². The molecule has 0 N–H and O–H groups in total. The summed E-state index contributed by atoms with van der Waals surface area (Å²) < 4.78 is 1.88. The Kier molecular flexibility index (Phi) is 3.97. The first kappa shape index (κ1) is 14.0. The molecule has 0 unspecified atom stereocenters. The number of aryl methyl sites for hydroxylation is 1. The van der Waals surface area contributed by atoms with Crippen molar-refractivity contribution in [3.8, 4) is 17.3 Å². The van der Waals surface area contributed by atoms with Crippen molar-refractivity contribution in [1.29, 1.82) is 5.26 Å². The lowest BCUT2D eigenvalue weighted by atomic mass is 10.1. The van der Waals surface area contributed by atoms with Crippen LogP contribution in [0.4, 0.5) is 0 Å². The van der Waals surface area contributed by atoms with Crippen molar-refractivity contribution in [2.24, 2.45) is 0 Å². The Morgan fingerprint density at radius 2 is 1.68 bits per heavy atom. The van der Waals surface area contributed by atoms with Gasteiger partial charge in [0.25, 0.3) is 0 Å². The van der Waals surface area contributed by atoms with Crippen molar-refractivity contribution >= 4 is 0 Å². The largest absolute Gasteiger partial charge is 0.240 e. The number of hydrogen-bond donors (Lipinski definition) is 0. The fourth-order valence-electron chi connectivity index (χ4n) is 2.37. The highest BCUT2D eigenvalue weighted by Crippen LogP contribution is 2.20. The summed E-state index contributed by atoms with van der Waals surface area (Å²) in [6.07, 6.45) is 2.81. The predicted molar refractivity (Wildman–Crippen MR) is 85.1 cm³/mol. The average Bonchev–Trinajstić information content (AvgIpc) is 3.04. The van der Waals surface area contributed by atoms with Gasteiger partial charge in [0.1, 0.15) is 0 Å². The van der Waals surface area contributed by atoms with E-state index in [4.69, 9.17) is 5.26 Å². The van der Waals surface area contributed by atoms with Crippen LogP contribution in [0.5, 0.6) is 0 Å². The van der Waals surface area contributed by atoms with E-state index in [1.54, 1.807) is 6.20 Å². The molecule has 0 radical (unpaired) electrons. The van der Waals surface area contributed by atoms with Crippen LogP contribution in [0.2, 0.25) is 0 Å². The van der Waals surface area contributed by atoms with Gasteiger partial charge in [0, 0.05) is 5.56 Å². The third-order valence-corrected chi connectivity index (χ3v) is 3.69. The van der Waals surface area contributed by atoms with Crippen molar-refractivity contribution in [3.63, 3.8) is 0 Å². The van der Waals surface area contributed by atoms with Crippen LogP contribution >= 0.6 is 0 Å². The lowest BCUT2D eigenvalue weighted by molar-refractivity contribution is 0.655. The van der Waals surface area contributed by atoms with Crippen LogP contribution in [0.15, 0.2) is 54.7 Å². The highest BCUT2D eigenvalue weighted by atomic mass is 15.4. The number of nitrogens with zero attached hydrogens (tertiary/aromatic N) is 4. The summed E-state index contributed by atoms with van der Waals surface area (Å²) in [5.74, 6) is 0. The lowest BCUT2D eigenvalue weighted by Crippen LogP contribution is -2.04. The van der Waals surface area contributed by atoms with Gasteiger partial charge in [-0.3, -0.25) is 0 Å². The van der Waals surface area contributed by atoms with Crippen molar-refractivity contribution in [1.82, 2.24) is 15.0 Å². The Balaban J connectivity index is 1.86. The smallest absolute Gasteiger partial charge is 0.0991 e. The summed E-state index contributed by atoms with van der Waals surface area (Å²) in [4.78, 5) is 0. The minimum Gasteiger partial charge on any atom is -0.240 e. The zero-order valence-electron chi connectivity index (χ0n) is 12.4. The van der Waals surface area contributed by atoms with E-state index in [1.807, 2.05) is 28.9 Å². The molecule has 1 heterocycles. The second kappa shape index (κ2) is 6.23. The highest BCUT2D eigenvalue weighted by Gasteiger charge is 2.07. The fraction of sp³-hybridized carbons (Fsp3) is 0.167. The lowest BCUT2D eigenvalue weighted by Gasteiger charge is -2.07. The Hall–Kier alpha value is -2.93. The molecule has 0 aliphatic heterocycles. The van der Waals surface area contributed by atoms with Crippen LogP contribution in [-0.2, 0) is 13.0 Å². The third-order valence-electron chi connectivity index (χ3n) is 3.69. The summed E-state index contributed by atoms with van der Waals surface area (Å²) in [6.45, 7) is 2.78. The van der Waals surface area contributed by atoms with Gasteiger partial charge in [0.05, 0.1) is 30.1 Å². The van der Waals surface area contributed by atoms with Crippen molar-refractivity contribution in [3.05, 3.63) is 71.4 Å². The molecule has 3 rings (SSSR count). The van der Waals surface area contributed by atoms with E-state index in [0.717, 1.165) is 23.2 Å². The zero-order chi connectivity index (χ0) is 15.4. The van der Waals surface area contributed by atoms with Crippen LogP contribution < -0.4 is 0 Å².